The third kappa shape index (κ3) is 1.71. The Balaban J connectivity index is 3.01. The highest BCUT2D eigenvalue weighted by Crippen LogP contribution is 2.42. The van der Waals surface area contributed by atoms with Gasteiger partial charge in [0.2, 0.25) is 5.67 Å². The SMILES string of the molecule is FC1=CCC(F)(C(F)(F)F)C=C1F. The van der Waals surface area contributed by atoms with Gasteiger partial charge in [0, 0.05) is 12.5 Å². The van der Waals surface area contributed by atoms with Gasteiger partial charge in [-0.2, -0.15) is 13.2 Å². The highest BCUT2D eigenvalue weighted by Gasteiger charge is 2.55. The van der Waals surface area contributed by atoms with E-state index in [1.807, 2.05) is 0 Å². The Morgan fingerprint density at radius 2 is 1.69 bits per heavy atom. The maximum Gasteiger partial charge on any atom is 0.426 e. The second-order valence-corrected chi connectivity index (χ2v) is 2.61. The van der Waals surface area contributed by atoms with Gasteiger partial charge in [-0.15, -0.1) is 0 Å². The zero-order valence-electron chi connectivity index (χ0n) is 6.13. The minimum absolute atomic E-state index is 0.239. The fourth-order valence-corrected chi connectivity index (χ4v) is 0.862. The molecule has 0 aromatic heterocycles. The fraction of sp³-hybridized carbons (Fsp3) is 0.429. The molecule has 0 aliphatic heterocycles. The van der Waals surface area contributed by atoms with Gasteiger partial charge in [-0.05, 0) is 6.08 Å². The number of hydrogen-bond acceptors (Lipinski definition) is 0. The van der Waals surface area contributed by atoms with E-state index in [9.17, 15) is 26.3 Å². The molecule has 0 aromatic rings. The Bertz CT molecular complexity index is 273. The van der Waals surface area contributed by atoms with Crippen LogP contribution < -0.4 is 0 Å². The number of allylic oxidation sites excluding steroid dienone is 4. The van der Waals surface area contributed by atoms with E-state index in [-0.39, 0.29) is 12.2 Å². The van der Waals surface area contributed by atoms with Gasteiger partial charge in [-0.1, -0.05) is 0 Å². The lowest BCUT2D eigenvalue weighted by Gasteiger charge is -2.25. The van der Waals surface area contributed by atoms with Gasteiger partial charge in [0.15, 0.2) is 11.7 Å². The van der Waals surface area contributed by atoms with Crippen molar-refractivity contribution in [2.45, 2.75) is 18.3 Å². The Morgan fingerprint density at radius 1 is 1.15 bits per heavy atom. The van der Waals surface area contributed by atoms with Crippen LogP contribution in [0.3, 0.4) is 0 Å². The standard InChI is InChI=1S/C7H4F6/c8-4-1-2-6(10,3-5(4)9)7(11,12)13/h1,3H,2H2. The van der Waals surface area contributed by atoms with E-state index in [4.69, 9.17) is 0 Å². The minimum Gasteiger partial charge on any atom is -0.229 e. The van der Waals surface area contributed by atoms with Crippen LogP contribution in [-0.2, 0) is 0 Å². The number of rotatable bonds is 0. The molecule has 1 rings (SSSR count). The molecule has 1 unspecified atom stereocenters. The van der Waals surface area contributed by atoms with Gasteiger partial charge in [0.1, 0.15) is 0 Å². The van der Waals surface area contributed by atoms with Crippen LogP contribution in [0.25, 0.3) is 0 Å². The molecular formula is C7H4F6. The summed E-state index contributed by atoms with van der Waals surface area (Å²) in [5.41, 5.74) is -3.79. The Kier molecular flexibility index (Phi) is 2.17. The number of hydrogen-bond donors (Lipinski definition) is 0. The molecule has 0 spiro atoms. The highest BCUT2D eigenvalue weighted by molar-refractivity contribution is 5.29. The molecule has 1 atom stereocenters. The van der Waals surface area contributed by atoms with Gasteiger partial charge >= 0.3 is 6.18 Å². The second kappa shape index (κ2) is 2.78. The summed E-state index contributed by atoms with van der Waals surface area (Å²) in [6.07, 6.45) is -6.59. The van der Waals surface area contributed by atoms with Crippen molar-refractivity contribution in [2.24, 2.45) is 0 Å². The smallest absolute Gasteiger partial charge is 0.229 e. The fourth-order valence-electron chi connectivity index (χ4n) is 0.862. The number of halogens is 6. The summed E-state index contributed by atoms with van der Waals surface area (Å²) in [4.78, 5) is 0. The molecule has 0 bridgehead atoms. The molecule has 0 nitrogen and oxygen atoms in total. The predicted octanol–water partition coefficient (Wildman–Crippen LogP) is 3.37. The largest absolute Gasteiger partial charge is 0.426 e. The summed E-state index contributed by atoms with van der Waals surface area (Å²) in [7, 11) is 0. The monoisotopic (exact) mass is 202 g/mol. The van der Waals surface area contributed by atoms with Crippen molar-refractivity contribution in [3.8, 4) is 0 Å². The second-order valence-electron chi connectivity index (χ2n) is 2.61. The van der Waals surface area contributed by atoms with Crippen molar-refractivity contribution in [3.63, 3.8) is 0 Å². The van der Waals surface area contributed by atoms with E-state index in [0.717, 1.165) is 0 Å². The van der Waals surface area contributed by atoms with Crippen molar-refractivity contribution in [3.05, 3.63) is 23.8 Å². The molecule has 0 radical (unpaired) electrons. The molecule has 0 amide bonds. The third-order valence-corrected chi connectivity index (χ3v) is 1.63. The molecule has 0 fully saturated rings. The van der Waals surface area contributed by atoms with Crippen LogP contribution >= 0.6 is 0 Å². The van der Waals surface area contributed by atoms with Crippen LogP contribution in [0.2, 0.25) is 0 Å². The van der Waals surface area contributed by atoms with Crippen molar-refractivity contribution >= 4 is 0 Å². The summed E-state index contributed by atoms with van der Waals surface area (Å²) in [6, 6.07) is 0. The maximum atomic E-state index is 12.9. The van der Waals surface area contributed by atoms with E-state index in [1.165, 1.54) is 0 Å². The minimum atomic E-state index is -5.22. The van der Waals surface area contributed by atoms with Gasteiger partial charge in [0.25, 0.3) is 0 Å². The Labute approximate surface area is 69.5 Å². The molecular weight excluding hydrogens is 198 g/mol. The first kappa shape index (κ1) is 10.1. The summed E-state index contributed by atoms with van der Waals surface area (Å²) in [5, 5.41) is 0. The average molecular weight is 202 g/mol. The van der Waals surface area contributed by atoms with Gasteiger partial charge in [-0.3, -0.25) is 0 Å². The molecule has 0 saturated carbocycles. The first-order valence-corrected chi connectivity index (χ1v) is 3.26. The lowest BCUT2D eigenvalue weighted by Crippen LogP contribution is -2.39. The highest BCUT2D eigenvalue weighted by atomic mass is 19.4. The number of alkyl halides is 4. The van der Waals surface area contributed by atoms with Crippen LogP contribution in [0.1, 0.15) is 6.42 Å². The quantitative estimate of drug-likeness (QED) is 0.528. The summed E-state index contributed by atoms with van der Waals surface area (Å²) < 4.78 is 73.0. The van der Waals surface area contributed by atoms with Crippen LogP contribution in [0, 0.1) is 0 Å². The summed E-state index contributed by atoms with van der Waals surface area (Å²) in [6.45, 7) is 0. The van der Waals surface area contributed by atoms with Crippen LogP contribution in [0.15, 0.2) is 23.8 Å². The van der Waals surface area contributed by atoms with Gasteiger partial charge in [0.05, 0.1) is 0 Å². The average Bonchev–Trinajstić information content (AvgIpc) is 1.95. The lowest BCUT2D eigenvalue weighted by atomic mass is 9.96. The Hall–Kier alpha value is -0.940. The zero-order chi connectivity index (χ0) is 10.3. The maximum absolute atomic E-state index is 12.9. The molecule has 0 aromatic carbocycles. The van der Waals surface area contributed by atoms with E-state index in [0.29, 0.717) is 0 Å². The lowest BCUT2D eigenvalue weighted by molar-refractivity contribution is -0.211. The summed E-state index contributed by atoms with van der Waals surface area (Å²) in [5.74, 6) is -3.27. The van der Waals surface area contributed by atoms with Crippen LogP contribution in [0.4, 0.5) is 26.3 Å². The molecule has 0 N–H and O–H groups in total. The molecule has 74 valence electrons. The molecule has 13 heavy (non-hydrogen) atoms. The van der Waals surface area contributed by atoms with E-state index < -0.39 is 29.9 Å². The summed E-state index contributed by atoms with van der Waals surface area (Å²) >= 11 is 0. The van der Waals surface area contributed by atoms with Gasteiger partial charge < -0.3 is 0 Å². The predicted molar refractivity (Wildman–Crippen MR) is 32.9 cm³/mol. The normalized spacial score (nSPS) is 29.7. The first-order chi connectivity index (χ1) is 5.76. The molecule has 0 heterocycles. The first-order valence-electron chi connectivity index (χ1n) is 3.26. The van der Waals surface area contributed by atoms with Crippen molar-refractivity contribution in [1.82, 2.24) is 0 Å². The van der Waals surface area contributed by atoms with Crippen molar-refractivity contribution in [1.29, 1.82) is 0 Å². The molecule has 1 aliphatic rings. The molecule has 6 heteroatoms. The van der Waals surface area contributed by atoms with Crippen LogP contribution in [0.5, 0.6) is 0 Å². The topological polar surface area (TPSA) is 0 Å². The Morgan fingerprint density at radius 3 is 2.08 bits per heavy atom. The third-order valence-electron chi connectivity index (χ3n) is 1.63. The van der Waals surface area contributed by atoms with E-state index in [1.54, 1.807) is 0 Å². The van der Waals surface area contributed by atoms with Gasteiger partial charge in [-0.25, -0.2) is 13.2 Å². The van der Waals surface area contributed by atoms with Crippen LogP contribution in [-0.4, -0.2) is 11.8 Å². The van der Waals surface area contributed by atoms with Crippen molar-refractivity contribution < 1.29 is 26.3 Å². The van der Waals surface area contributed by atoms with E-state index in [2.05, 4.69) is 0 Å². The molecule has 0 saturated heterocycles. The van der Waals surface area contributed by atoms with E-state index >= 15 is 0 Å². The zero-order valence-corrected chi connectivity index (χ0v) is 6.13. The molecule has 1 aliphatic carbocycles. The van der Waals surface area contributed by atoms with Crippen molar-refractivity contribution in [2.75, 3.05) is 0 Å².